The molecule has 1 aliphatic heterocycles. The molecule has 0 aromatic rings. The second-order valence-corrected chi connectivity index (χ2v) is 4.18. The van der Waals surface area contributed by atoms with Crippen LogP contribution >= 0.6 is 0 Å². The Labute approximate surface area is 79.5 Å². The van der Waals surface area contributed by atoms with Gasteiger partial charge in [-0.3, -0.25) is 9.69 Å². The number of carbonyl (C=O) groups excluding carboxylic acids is 1. The molecule has 1 saturated carbocycles. The highest BCUT2D eigenvalue weighted by Gasteiger charge is 2.44. The average molecular weight is 182 g/mol. The van der Waals surface area contributed by atoms with Crippen LogP contribution in [0.15, 0.2) is 0 Å². The third-order valence-corrected chi connectivity index (χ3v) is 3.53. The minimum absolute atomic E-state index is 0.245. The van der Waals surface area contributed by atoms with E-state index in [2.05, 4.69) is 17.1 Å². The van der Waals surface area contributed by atoms with Gasteiger partial charge in [0.05, 0.1) is 0 Å². The molecule has 0 aromatic carbocycles. The Morgan fingerprint density at radius 2 is 2.31 bits per heavy atom. The van der Waals surface area contributed by atoms with Crippen LogP contribution in [0.5, 0.6) is 0 Å². The van der Waals surface area contributed by atoms with Crippen LogP contribution in [0.3, 0.4) is 0 Å². The lowest BCUT2D eigenvalue weighted by molar-refractivity contribution is -0.124. The van der Waals surface area contributed by atoms with Gasteiger partial charge in [0.25, 0.3) is 0 Å². The van der Waals surface area contributed by atoms with Crippen molar-refractivity contribution in [3.05, 3.63) is 0 Å². The van der Waals surface area contributed by atoms with Crippen molar-refractivity contribution in [3.63, 3.8) is 0 Å². The van der Waals surface area contributed by atoms with Crippen molar-refractivity contribution in [1.82, 2.24) is 10.2 Å². The summed E-state index contributed by atoms with van der Waals surface area (Å²) in [5.74, 6) is 0.246. The Morgan fingerprint density at radius 1 is 1.54 bits per heavy atom. The van der Waals surface area contributed by atoms with Gasteiger partial charge in [-0.05, 0) is 25.8 Å². The molecule has 3 heteroatoms. The van der Waals surface area contributed by atoms with E-state index in [0.29, 0.717) is 0 Å². The lowest BCUT2D eigenvalue weighted by Crippen LogP contribution is -2.54. The summed E-state index contributed by atoms with van der Waals surface area (Å²) in [7, 11) is 0. The topological polar surface area (TPSA) is 32.3 Å². The maximum Gasteiger partial charge on any atom is 0.221 e. The lowest BCUT2D eigenvalue weighted by atomic mass is 9.73. The normalized spacial score (nSPS) is 27.9. The minimum Gasteiger partial charge on any atom is -0.355 e. The van der Waals surface area contributed by atoms with Crippen LogP contribution in [0, 0.1) is 0 Å². The van der Waals surface area contributed by atoms with Crippen molar-refractivity contribution >= 4 is 5.91 Å². The molecule has 0 atom stereocenters. The molecule has 3 nitrogen and oxygen atoms in total. The Morgan fingerprint density at radius 3 is 2.85 bits per heavy atom. The summed E-state index contributed by atoms with van der Waals surface area (Å²) in [6.07, 6.45) is 4.45. The van der Waals surface area contributed by atoms with Crippen molar-refractivity contribution in [1.29, 1.82) is 0 Å². The molecule has 1 spiro atoms. The summed E-state index contributed by atoms with van der Waals surface area (Å²) in [6.45, 7) is 5.13. The summed E-state index contributed by atoms with van der Waals surface area (Å²) in [5.41, 5.74) is 0.245. The molecular weight excluding hydrogens is 164 g/mol. The van der Waals surface area contributed by atoms with Crippen molar-refractivity contribution < 1.29 is 4.79 Å². The van der Waals surface area contributed by atoms with Gasteiger partial charge in [-0.1, -0.05) is 6.92 Å². The quantitative estimate of drug-likeness (QED) is 0.649. The molecule has 0 aromatic heterocycles. The lowest BCUT2D eigenvalue weighted by Gasteiger charge is -2.48. The Balaban J connectivity index is 2.12. The fraction of sp³-hybridized carbons (Fsp3) is 0.900. The zero-order chi connectivity index (χ0) is 9.31. The number of amides is 1. The fourth-order valence-corrected chi connectivity index (χ4v) is 2.61. The van der Waals surface area contributed by atoms with E-state index < -0.39 is 0 Å². The third-order valence-electron chi connectivity index (χ3n) is 3.53. The van der Waals surface area contributed by atoms with Crippen molar-refractivity contribution in [3.8, 4) is 0 Å². The van der Waals surface area contributed by atoms with Gasteiger partial charge >= 0.3 is 0 Å². The standard InChI is InChI=1S/C10H18N2O/c1-2-12-7-6-11-9(13)8-10(12)4-3-5-10/h2-8H2,1H3,(H,11,13). The zero-order valence-electron chi connectivity index (χ0n) is 8.31. The first-order valence-electron chi connectivity index (χ1n) is 5.29. The minimum atomic E-state index is 0.245. The number of nitrogens with zero attached hydrogens (tertiary/aromatic N) is 1. The molecule has 0 bridgehead atoms. The third kappa shape index (κ3) is 1.46. The van der Waals surface area contributed by atoms with Crippen molar-refractivity contribution in [2.75, 3.05) is 19.6 Å². The van der Waals surface area contributed by atoms with Crippen LogP contribution < -0.4 is 5.32 Å². The van der Waals surface area contributed by atoms with E-state index in [1.54, 1.807) is 0 Å². The number of hydrogen-bond acceptors (Lipinski definition) is 2. The molecular formula is C10H18N2O. The summed E-state index contributed by atoms with van der Waals surface area (Å²) in [6, 6.07) is 0. The fourth-order valence-electron chi connectivity index (χ4n) is 2.61. The Hall–Kier alpha value is -0.570. The molecule has 2 rings (SSSR count). The summed E-state index contributed by atoms with van der Waals surface area (Å²) in [4.78, 5) is 13.9. The second-order valence-electron chi connectivity index (χ2n) is 4.18. The van der Waals surface area contributed by atoms with E-state index in [-0.39, 0.29) is 11.4 Å². The van der Waals surface area contributed by atoms with Gasteiger partial charge in [0.2, 0.25) is 5.91 Å². The van der Waals surface area contributed by atoms with E-state index in [1.807, 2.05) is 0 Å². The van der Waals surface area contributed by atoms with E-state index in [9.17, 15) is 4.79 Å². The van der Waals surface area contributed by atoms with Crippen LogP contribution in [0.2, 0.25) is 0 Å². The molecule has 1 N–H and O–H groups in total. The molecule has 1 aliphatic carbocycles. The van der Waals surface area contributed by atoms with Crippen LogP contribution in [-0.4, -0.2) is 36.0 Å². The van der Waals surface area contributed by atoms with Gasteiger partial charge in [-0.15, -0.1) is 0 Å². The Bertz CT molecular complexity index is 211. The molecule has 1 amide bonds. The molecule has 13 heavy (non-hydrogen) atoms. The second kappa shape index (κ2) is 3.29. The van der Waals surface area contributed by atoms with E-state index >= 15 is 0 Å². The van der Waals surface area contributed by atoms with Gasteiger partial charge in [0, 0.05) is 25.0 Å². The zero-order valence-corrected chi connectivity index (χ0v) is 8.31. The first kappa shape index (κ1) is 9.00. The van der Waals surface area contributed by atoms with Crippen LogP contribution in [-0.2, 0) is 4.79 Å². The highest BCUT2D eigenvalue weighted by Crippen LogP contribution is 2.40. The van der Waals surface area contributed by atoms with Crippen LogP contribution in [0.25, 0.3) is 0 Å². The Kier molecular flexibility index (Phi) is 2.28. The predicted molar refractivity (Wildman–Crippen MR) is 51.5 cm³/mol. The number of nitrogens with one attached hydrogen (secondary N) is 1. The molecule has 1 heterocycles. The molecule has 1 saturated heterocycles. The van der Waals surface area contributed by atoms with E-state index in [1.165, 1.54) is 19.3 Å². The first-order chi connectivity index (χ1) is 6.27. The monoisotopic (exact) mass is 182 g/mol. The molecule has 2 aliphatic rings. The van der Waals surface area contributed by atoms with Gasteiger partial charge in [0.1, 0.15) is 0 Å². The number of carbonyl (C=O) groups is 1. The number of hydrogen-bond donors (Lipinski definition) is 1. The van der Waals surface area contributed by atoms with Crippen LogP contribution in [0.4, 0.5) is 0 Å². The first-order valence-corrected chi connectivity index (χ1v) is 5.29. The van der Waals surface area contributed by atoms with Gasteiger partial charge in [0.15, 0.2) is 0 Å². The highest BCUT2D eigenvalue weighted by atomic mass is 16.1. The number of rotatable bonds is 1. The smallest absolute Gasteiger partial charge is 0.221 e. The summed E-state index contributed by atoms with van der Waals surface area (Å²) < 4.78 is 0. The highest BCUT2D eigenvalue weighted by molar-refractivity contribution is 5.77. The van der Waals surface area contributed by atoms with E-state index in [0.717, 1.165) is 26.1 Å². The number of likely N-dealkylation sites (N-methyl/N-ethyl adjacent to an activating group) is 1. The molecule has 0 unspecified atom stereocenters. The predicted octanol–water partition coefficient (Wildman–Crippen LogP) is 0.751. The van der Waals surface area contributed by atoms with Crippen molar-refractivity contribution in [2.45, 2.75) is 38.1 Å². The summed E-state index contributed by atoms with van der Waals surface area (Å²) >= 11 is 0. The average Bonchev–Trinajstić information content (AvgIpc) is 2.22. The van der Waals surface area contributed by atoms with Gasteiger partial charge in [-0.25, -0.2) is 0 Å². The molecule has 2 fully saturated rings. The SMILES string of the molecule is CCN1CCNC(=O)CC12CCC2. The van der Waals surface area contributed by atoms with Gasteiger partial charge in [-0.2, -0.15) is 0 Å². The largest absolute Gasteiger partial charge is 0.355 e. The van der Waals surface area contributed by atoms with Crippen LogP contribution in [0.1, 0.15) is 32.6 Å². The van der Waals surface area contributed by atoms with Crippen molar-refractivity contribution in [2.24, 2.45) is 0 Å². The summed E-state index contributed by atoms with van der Waals surface area (Å²) in [5, 5.41) is 2.95. The van der Waals surface area contributed by atoms with E-state index in [4.69, 9.17) is 0 Å². The molecule has 74 valence electrons. The molecule has 0 radical (unpaired) electrons. The maximum absolute atomic E-state index is 11.4. The van der Waals surface area contributed by atoms with Gasteiger partial charge < -0.3 is 5.32 Å². The maximum atomic E-state index is 11.4.